The van der Waals surface area contributed by atoms with Gasteiger partial charge in [0.1, 0.15) is 5.58 Å². The van der Waals surface area contributed by atoms with Crippen LogP contribution in [-0.4, -0.2) is 44.0 Å². The summed E-state index contributed by atoms with van der Waals surface area (Å²) in [4.78, 5) is 26.3. The maximum Gasteiger partial charge on any atom is 0.293 e. The number of nitrogens with zero attached hydrogens (tertiary/aromatic N) is 1. The average molecular weight is 546 g/mol. The van der Waals surface area contributed by atoms with Crippen LogP contribution in [0.1, 0.15) is 46.2 Å². The number of furan rings is 1. The molecule has 2 N–H and O–H groups in total. The molecule has 1 fully saturated rings. The fourth-order valence-corrected chi connectivity index (χ4v) is 6.22. The van der Waals surface area contributed by atoms with Crippen molar-refractivity contribution in [2.75, 3.05) is 30.3 Å². The lowest BCUT2D eigenvalue weighted by Crippen LogP contribution is -2.37. The fraction of sp³-hybridized carbons (Fsp3) is 0.267. The van der Waals surface area contributed by atoms with E-state index in [-0.39, 0.29) is 23.0 Å². The highest BCUT2D eigenvalue weighted by molar-refractivity contribution is 7.89. The summed E-state index contributed by atoms with van der Waals surface area (Å²) in [5, 5.41) is 6.61. The van der Waals surface area contributed by atoms with Gasteiger partial charge in [-0.05, 0) is 79.8 Å². The number of hydrogen-bond acceptors (Lipinski definition) is 6. The minimum Gasteiger partial charge on any atom is -0.449 e. The molecule has 202 valence electrons. The van der Waals surface area contributed by atoms with E-state index < -0.39 is 15.9 Å². The number of ketones is 1. The Kier molecular flexibility index (Phi) is 7.54. The second-order valence-electron chi connectivity index (χ2n) is 10.0. The molecule has 4 aromatic rings. The van der Waals surface area contributed by atoms with E-state index in [1.165, 1.54) is 28.6 Å². The number of piperidine rings is 1. The van der Waals surface area contributed by atoms with Crippen LogP contribution in [0.2, 0.25) is 0 Å². The summed E-state index contributed by atoms with van der Waals surface area (Å²) in [6.45, 7) is 4.97. The number of carbonyl (C=O) groups is 2. The van der Waals surface area contributed by atoms with Gasteiger partial charge in [-0.3, -0.25) is 9.59 Å². The van der Waals surface area contributed by atoms with Crippen LogP contribution in [0.5, 0.6) is 0 Å². The summed E-state index contributed by atoms with van der Waals surface area (Å²) in [6.07, 6.45) is 1.68. The van der Waals surface area contributed by atoms with Crippen molar-refractivity contribution in [1.29, 1.82) is 0 Å². The normalized spacial score (nSPS) is 14.8. The zero-order valence-corrected chi connectivity index (χ0v) is 22.8. The number of fused-ring (bicyclic) bond motifs is 1. The molecule has 5 rings (SSSR count). The second kappa shape index (κ2) is 11.0. The average Bonchev–Trinajstić information content (AvgIpc) is 3.31. The van der Waals surface area contributed by atoms with Gasteiger partial charge in [-0.15, -0.1) is 0 Å². The molecule has 39 heavy (non-hydrogen) atoms. The van der Waals surface area contributed by atoms with Gasteiger partial charge in [0, 0.05) is 29.7 Å². The number of Topliss-reactive ketones (excluding diaryl/α,β-unsaturated/α-hetero) is 1. The van der Waals surface area contributed by atoms with E-state index in [2.05, 4.69) is 17.6 Å². The predicted octanol–water partition coefficient (Wildman–Crippen LogP) is 5.71. The summed E-state index contributed by atoms with van der Waals surface area (Å²) in [7, 11) is -3.59. The smallest absolute Gasteiger partial charge is 0.293 e. The Morgan fingerprint density at radius 3 is 2.41 bits per heavy atom. The number of para-hydroxylation sites is 1. The molecule has 1 amide bonds. The van der Waals surface area contributed by atoms with Gasteiger partial charge >= 0.3 is 0 Å². The van der Waals surface area contributed by atoms with Crippen LogP contribution >= 0.6 is 0 Å². The number of nitrogens with one attached hydrogen (secondary N) is 2. The van der Waals surface area contributed by atoms with Crippen LogP contribution in [-0.2, 0) is 10.0 Å². The van der Waals surface area contributed by atoms with Gasteiger partial charge in [0.05, 0.1) is 17.1 Å². The van der Waals surface area contributed by atoms with Crippen molar-refractivity contribution in [3.63, 3.8) is 0 Å². The Hall–Kier alpha value is -3.95. The molecule has 0 saturated carbocycles. The van der Waals surface area contributed by atoms with Gasteiger partial charge in [-0.2, -0.15) is 4.31 Å². The first-order valence-electron chi connectivity index (χ1n) is 13.0. The third kappa shape index (κ3) is 5.74. The Labute approximate surface area is 228 Å². The molecular weight excluding hydrogens is 514 g/mol. The van der Waals surface area contributed by atoms with E-state index in [4.69, 9.17) is 4.42 Å². The van der Waals surface area contributed by atoms with E-state index in [1.54, 1.807) is 12.1 Å². The first-order chi connectivity index (χ1) is 18.7. The van der Waals surface area contributed by atoms with Gasteiger partial charge in [0.25, 0.3) is 5.91 Å². The molecule has 1 aliphatic rings. The van der Waals surface area contributed by atoms with E-state index >= 15 is 0 Å². The Morgan fingerprint density at radius 1 is 0.974 bits per heavy atom. The number of aryl methyl sites for hydroxylation is 1. The lowest BCUT2D eigenvalue weighted by atomic mass is 10.0. The van der Waals surface area contributed by atoms with Crippen molar-refractivity contribution >= 4 is 44.1 Å². The van der Waals surface area contributed by atoms with Crippen molar-refractivity contribution in [3.8, 4) is 0 Å². The molecule has 3 aromatic carbocycles. The SMILES string of the molecule is Cc1cccc(NC(=O)c2oc3ccccc3c2NCC(=O)c2ccc(S(=O)(=O)N3CCC(C)CC3)cc2)c1. The van der Waals surface area contributed by atoms with Crippen LogP contribution in [0.3, 0.4) is 0 Å². The first-order valence-corrected chi connectivity index (χ1v) is 14.4. The van der Waals surface area contributed by atoms with Crippen LogP contribution in [0, 0.1) is 12.8 Å². The van der Waals surface area contributed by atoms with Gasteiger partial charge in [-0.25, -0.2) is 8.42 Å². The van der Waals surface area contributed by atoms with Crippen molar-refractivity contribution in [2.45, 2.75) is 31.6 Å². The number of rotatable bonds is 8. The summed E-state index contributed by atoms with van der Waals surface area (Å²) in [5.41, 5.74) is 2.95. The highest BCUT2D eigenvalue weighted by atomic mass is 32.2. The molecular formula is C30H31N3O5S. The molecule has 1 saturated heterocycles. The van der Waals surface area contributed by atoms with Crippen molar-refractivity contribution in [1.82, 2.24) is 4.31 Å². The third-order valence-corrected chi connectivity index (χ3v) is 8.97. The maximum atomic E-state index is 13.1. The molecule has 9 heteroatoms. The molecule has 0 radical (unpaired) electrons. The molecule has 8 nitrogen and oxygen atoms in total. The first kappa shape index (κ1) is 26.6. The minimum atomic E-state index is -3.59. The standard InChI is InChI=1S/C30H31N3O5S/c1-20-14-16-33(17-15-20)39(36,37)24-12-10-22(11-13-24)26(34)19-31-28-25-8-3-4-9-27(25)38-29(28)30(35)32-23-7-5-6-21(2)18-23/h3-13,18,20,31H,14-17,19H2,1-2H3,(H,32,35). The lowest BCUT2D eigenvalue weighted by molar-refractivity contribution is 0.0991. The predicted molar refractivity (Wildman–Crippen MR) is 152 cm³/mol. The molecule has 0 spiro atoms. The number of carbonyl (C=O) groups excluding carboxylic acids is 2. The van der Waals surface area contributed by atoms with Gasteiger partial charge in [0.2, 0.25) is 15.8 Å². The molecule has 2 heterocycles. The topological polar surface area (TPSA) is 109 Å². The highest BCUT2D eigenvalue weighted by Crippen LogP contribution is 2.32. The zero-order valence-electron chi connectivity index (χ0n) is 21.9. The van der Waals surface area contributed by atoms with Crippen molar-refractivity contribution in [2.24, 2.45) is 5.92 Å². The third-order valence-electron chi connectivity index (χ3n) is 7.06. The largest absolute Gasteiger partial charge is 0.449 e. The molecule has 0 atom stereocenters. The summed E-state index contributed by atoms with van der Waals surface area (Å²) >= 11 is 0. The molecule has 1 aromatic heterocycles. The molecule has 1 aliphatic heterocycles. The van der Waals surface area contributed by atoms with Gasteiger partial charge in [-0.1, -0.05) is 31.2 Å². The van der Waals surface area contributed by atoms with Crippen LogP contribution in [0.25, 0.3) is 11.0 Å². The van der Waals surface area contributed by atoms with Crippen molar-refractivity contribution < 1.29 is 22.4 Å². The minimum absolute atomic E-state index is 0.0720. The number of anilines is 2. The van der Waals surface area contributed by atoms with Crippen LogP contribution in [0.15, 0.2) is 82.1 Å². The summed E-state index contributed by atoms with van der Waals surface area (Å²) in [5.74, 6) is -0.0947. The monoisotopic (exact) mass is 545 g/mol. The van der Waals surface area contributed by atoms with E-state index in [1.807, 2.05) is 43.3 Å². The second-order valence-corrected chi connectivity index (χ2v) is 12.0. The van der Waals surface area contributed by atoms with E-state index in [0.717, 1.165) is 18.4 Å². The van der Waals surface area contributed by atoms with E-state index in [0.29, 0.717) is 46.9 Å². The lowest BCUT2D eigenvalue weighted by Gasteiger charge is -2.29. The van der Waals surface area contributed by atoms with Crippen LogP contribution < -0.4 is 10.6 Å². The van der Waals surface area contributed by atoms with E-state index in [9.17, 15) is 18.0 Å². The highest BCUT2D eigenvalue weighted by Gasteiger charge is 2.28. The maximum absolute atomic E-state index is 13.1. The van der Waals surface area contributed by atoms with Gasteiger partial charge < -0.3 is 15.1 Å². The quantitative estimate of drug-likeness (QED) is 0.275. The molecule has 0 aliphatic carbocycles. The van der Waals surface area contributed by atoms with Crippen LogP contribution in [0.4, 0.5) is 11.4 Å². The van der Waals surface area contributed by atoms with Gasteiger partial charge in [0.15, 0.2) is 5.78 Å². The molecule has 0 unspecified atom stereocenters. The molecule has 0 bridgehead atoms. The Morgan fingerprint density at radius 2 is 1.69 bits per heavy atom. The Bertz CT molecular complexity index is 1620. The number of hydrogen-bond donors (Lipinski definition) is 2. The van der Waals surface area contributed by atoms with Crippen molar-refractivity contribution in [3.05, 3.63) is 89.7 Å². The zero-order chi connectivity index (χ0) is 27.6. The number of amides is 1. The Balaban J connectivity index is 1.31. The summed E-state index contributed by atoms with van der Waals surface area (Å²) < 4.78 is 33.4. The number of benzene rings is 3. The summed E-state index contributed by atoms with van der Waals surface area (Å²) in [6, 6.07) is 20.7. The number of sulfonamides is 1. The fourth-order valence-electron chi connectivity index (χ4n) is 4.75.